The third kappa shape index (κ3) is 6.06. The first-order valence-electron chi connectivity index (χ1n) is 9.16. The number of hydrogen-bond acceptors (Lipinski definition) is 8. The molecule has 2 aliphatic rings. The van der Waals surface area contributed by atoms with Crippen LogP contribution in [0.5, 0.6) is 0 Å². The Morgan fingerprint density at radius 1 is 1.15 bits per heavy atom. The van der Waals surface area contributed by atoms with E-state index in [1.54, 1.807) is 0 Å². The minimum Gasteiger partial charge on any atom is -0.481 e. The number of aliphatic carboxylic acids is 1. The summed E-state index contributed by atoms with van der Waals surface area (Å²) in [4.78, 5) is 22.7. The van der Waals surface area contributed by atoms with E-state index in [1.807, 2.05) is 12.2 Å². The summed E-state index contributed by atoms with van der Waals surface area (Å²) in [5.41, 5.74) is 0. The highest BCUT2D eigenvalue weighted by Gasteiger charge is 2.42. The fourth-order valence-electron chi connectivity index (χ4n) is 3.55. The highest BCUT2D eigenvalue weighted by molar-refractivity contribution is 5.84. The van der Waals surface area contributed by atoms with Gasteiger partial charge in [0, 0.05) is 18.8 Å². The summed E-state index contributed by atoms with van der Waals surface area (Å²) >= 11 is 0. The Hall–Kier alpha value is -1.36. The van der Waals surface area contributed by atoms with Gasteiger partial charge in [0.05, 0.1) is 13.2 Å². The van der Waals surface area contributed by atoms with Crippen LogP contribution in [0.3, 0.4) is 0 Å². The topological polar surface area (TPSA) is 154 Å². The molecule has 0 aromatic rings. The van der Waals surface area contributed by atoms with Gasteiger partial charge in [0.2, 0.25) is 0 Å². The van der Waals surface area contributed by atoms with Crippen LogP contribution in [0.15, 0.2) is 12.2 Å². The SMILES string of the molecule is O=C(O)C[C@H]1CCC(=O)[C@H]1C/C=C\CCOC[C@H]1O[C@@H](O)[C@H](O)[C@@H](O)[C@@H]1O. The minimum absolute atomic E-state index is 0.0173. The van der Waals surface area contributed by atoms with Crippen LogP contribution >= 0.6 is 0 Å². The molecule has 0 unspecified atom stereocenters. The van der Waals surface area contributed by atoms with Crippen molar-refractivity contribution in [1.29, 1.82) is 0 Å². The van der Waals surface area contributed by atoms with Crippen molar-refractivity contribution in [2.75, 3.05) is 13.2 Å². The second-order valence-electron chi connectivity index (χ2n) is 7.08. The smallest absolute Gasteiger partial charge is 0.303 e. The first kappa shape index (κ1) is 21.9. The van der Waals surface area contributed by atoms with E-state index in [0.717, 1.165) is 0 Å². The van der Waals surface area contributed by atoms with Gasteiger partial charge >= 0.3 is 5.97 Å². The average molecular weight is 388 g/mol. The Balaban J connectivity index is 1.65. The van der Waals surface area contributed by atoms with Gasteiger partial charge in [-0.25, -0.2) is 0 Å². The molecule has 9 nitrogen and oxygen atoms in total. The van der Waals surface area contributed by atoms with Crippen LogP contribution in [0.4, 0.5) is 0 Å². The molecule has 2 rings (SSSR count). The lowest BCUT2D eigenvalue weighted by molar-refractivity contribution is -0.288. The Labute approximate surface area is 157 Å². The number of aliphatic hydroxyl groups excluding tert-OH is 4. The largest absolute Gasteiger partial charge is 0.481 e. The molecule has 0 aromatic carbocycles. The molecule has 154 valence electrons. The summed E-state index contributed by atoms with van der Waals surface area (Å²) in [5.74, 6) is -1.11. The first-order valence-corrected chi connectivity index (χ1v) is 9.16. The maximum Gasteiger partial charge on any atom is 0.303 e. The summed E-state index contributed by atoms with van der Waals surface area (Å²) in [7, 11) is 0. The molecule has 0 bridgehead atoms. The monoisotopic (exact) mass is 388 g/mol. The van der Waals surface area contributed by atoms with Crippen LogP contribution in [0.2, 0.25) is 0 Å². The molecule has 5 N–H and O–H groups in total. The molecule has 2 fully saturated rings. The van der Waals surface area contributed by atoms with E-state index < -0.39 is 36.7 Å². The zero-order chi connectivity index (χ0) is 20.0. The van der Waals surface area contributed by atoms with Gasteiger partial charge in [-0.1, -0.05) is 12.2 Å². The molecule has 0 radical (unpaired) electrons. The molecule has 1 saturated carbocycles. The maximum atomic E-state index is 11.9. The summed E-state index contributed by atoms with van der Waals surface area (Å²) in [6.45, 7) is 0.243. The van der Waals surface area contributed by atoms with Crippen LogP contribution in [0.1, 0.15) is 32.1 Å². The second-order valence-corrected chi connectivity index (χ2v) is 7.08. The van der Waals surface area contributed by atoms with Crippen molar-refractivity contribution in [3.05, 3.63) is 12.2 Å². The van der Waals surface area contributed by atoms with E-state index in [-0.39, 0.29) is 30.6 Å². The predicted molar refractivity (Wildman–Crippen MR) is 91.6 cm³/mol. The molecule has 1 aliphatic heterocycles. The minimum atomic E-state index is -1.58. The fourth-order valence-corrected chi connectivity index (χ4v) is 3.55. The number of hydrogen-bond donors (Lipinski definition) is 5. The third-order valence-electron chi connectivity index (χ3n) is 5.14. The lowest BCUT2D eigenvalue weighted by atomic mass is 9.89. The molecule has 0 aromatic heterocycles. The van der Waals surface area contributed by atoms with E-state index in [0.29, 0.717) is 32.3 Å². The molecule has 9 heteroatoms. The number of carbonyl (C=O) groups excluding carboxylic acids is 1. The van der Waals surface area contributed by atoms with Crippen molar-refractivity contribution in [3.63, 3.8) is 0 Å². The Kier molecular flexibility index (Phi) is 8.33. The zero-order valence-electron chi connectivity index (χ0n) is 15.0. The Bertz CT molecular complexity index is 535. The predicted octanol–water partition coefficient (Wildman–Crippen LogP) is -0.791. The van der Waals surface area contributed by atoms with E-state index in [9.17, 15) is 30.0 Å². The molecule has 1 aliphatic carbocycles. The molecular weight excluding hydrogens is 360 g/mol. The third-order valence-corrected chi connectivity index (χ3v) is 5.14. The van der Waals surface area contributed by atoms with Crippen LogP contribution in [-0.4, -0.2) is 81.2 Å². The van der Waals surface area contributed by atoms with Gasteiger partial charge in [-0.3, -0.25) is 9.59 Å². The summed E-state index contributed by atoms with van der Waals surface area (Å²) in [6, 6.07) is 0. The number of allylic oxidation sites excluding steroid dienone is 1. The Morgan fingerprint density at radius 3 is 2.59 bits per heavy atom. The van der Waals surface area contributed by atoms with Gasteiger partial charge in [0.25, 0.3) is 0 Å². The van der Waals surface area contributed by atoms with Crippen molar-refractivity contribution in [1.82, 2.24) is 0 Å². The number of aliphatic hydroxyl groups is 4. The normalized spacial score (nSPS) is 37.2. The van der Waals surface area contributed by atoms with E-state index in [4.69, 9.17) is 14.6 Å². The number of ether oxygens (including phenoxy) is 2. The lowest BCUT2D eigenvalue weighted by Crippen LogP contribution is -2.58. The molecule has 7 atom stereocenters. The molecule has 0 amide bonds. The van der Waals surface area contributed by atoms with Gasteiger partial charge in [-0.15, -0.1) is 0 Å². The van der Waals surface area contributed by atoms with Gasteiger partial charge < -0.3 is 35.0 Å². The fraction of sp³-hybridized carbons (Fsp3) is 0.778. The molecule has 27 heavy (non-hydrogen) atoms. The van der Waals surface area contributed by atoms with Crippen LogP contribution in [-0.2, 0) is 19.1 Å². The van der Waals surface area contributed by atoms with Crippen LogP contribution < -0.4 is 0 Å². The number of carboxylic acids is 1. The summed E-state index contributed by atoms with van der Waals surface area (Å²) in [5, 5.41) is 47.1. The van der Waals surface area contributed by atoms with Crippen LogP contribution in [0.25, 0.3) is 0 Å². The van der Waals surface area contributed by atoms with Gasteiger partial charge in [-0.2, -0.15) is 0 Å². The Morgan fingerprint density at radius 2 is 1.89 bits per heavy atom. The van der Waals surface area contributed by atoms with Crippen molar-refractivity contribution < 1.29 is 44.6 Å². The lowest BCUT2D eigenvalue weighted by Gasteiger charge is -2.38. The van der Waals surface area contributed by atoms with Crippen molar-refractivity contribution in [2.24, 2.45) is 11.8 Å². The summed E-state index contributed by atoms with van der Waals surface area (Å²) in [6.07, 6.45) is -1.14. The number of carboxylic acid groups (broad SMARTS) is 1. The van der Waals surface area contributed by atoms with Crippen molar-refractivity contribution in [2.45, 2.75) is 62.8 Å². The van der Waals surface area contributed by atoms with Gasteiger partial charge in [-0.05, 0) is 25.2 Å². The highest BCUT2D eigenvalue weighted by atomic mass is 16.6. The summed E-state index contributed by atoms with van der Waals surface area (Å²) < 4.78 is 10.4. The number of rotatable bonds is 9. The quantitative estimate of drug-likeness (QED) is 0.252. The zero-order valence-corrected chi connectivity index (χ0v) is 15.0. The van der Waals surface area contributed by atoms with Crippen molar-refractivity contribution in [3.8, 4) is 0 Å². The van der Waals surface area contributed by atoms with E-state index in [2.05, 4.69) is 0 Å². The second kappa shape index (κ2) is 10.3. The molecule has 0 spiro atoms. The van der Waals surface area contributed by atoms with Crippen molar-refractivity contribution >= 4 is 11.8 Å². The first-order chi connectivity index (χ1) is 12.8. The molecular formula is C18H28O9. The van der Waals surface area contributed by atoms with Gasteiger partial charge in [0.1, 0.15) is 30.2 Å². The molecule has 1 heterocycles. The number of ketones is 1. The van der Waals surface area contributed by atoms with E-state index >= 15 is 0 Å². The standard InChI is InChI=1S/C18H28O9/c19-12-6-5-10(8-14(20)21)11(12)4-2-1-3-7-26-9-13-15(22)16(23)17(24)18(25)27-13/h1-2,10-11,13,15-18,22-25H,3-9H2,(H,20,21)/b2-1-/t10-,11+,13-,15-,16+,17-,18-/m1/s1. The van der Waals surface area contributed by atoms with Gasteiger partial charge in [0.15, 0.2) is 6.29 Å². The number of carbonyl (C=O) groups is 2. The highest BCUT2D eigenvalue weighted by Crippen LogP contribution is 2.34. The number of Topliss-reactive ketones (excluding diaryl/α,β-unsaturated/α-hetero) is 1. The maximum absolute atomic E-state index is 11.9. The van der Waals surface area contributed by atoms with E-state index in [1.165, 1.54) is 0 Å². The van der Waals surface area contributed by atoms with Crippen LogP contribution in [0, 0.1) is 11.8 Å². The molecule has 1 saturated heterocycles. The average Bonchev–Trinajstić information content (AvgIpc) is 2.95.